The van der Waals surface area contributed by atoms with Gasteiger partial charge in [0.05, 0.1) is 29.5 Å². The number of aliphatic hydroxyl groups is 1. The van der Waals surface area contributed by atoms with Gasteiger partial charge in [0.2, 0.25) is 5.91 Å². The molecule has 1 fully saturated rings. The van der Waals surface area contributed by atoms with Crippen LogP contribution >= 0.6 is 0 Å². The molecule has 1 atom stereocenters. The van der Waals surface area contributed by atoms with Gasteiger partial charge in [0.1, 0.15) is 18.4 Å². The number of halogens is 4. The summed E-state index contributed by atoms with van der Waals surface area (Å²) in [4.78, 5) is 27.3. The van der Waals surface area contributed by atoms with E-state index in [1.807, 2.05) is 0 Å². The summed E-state index contributed by atoms with van der Waals surface area (Å²) in [7, 11) is 0. The van der Waals surface area contributed by atoms with Crippen LogP contribution in [0, 0.1) is 17.1 Å². The molecule has 0 aliphatic carbocycles. The van der Waals surface area contributed by atoms with Crippen LogP contribution in [0.5, 0.6) is 0 Å². The molecule has 10 heteroatoms. The second-order valence-corrected chi connectivity index (χ2v) is 6.62. The summed E-state index contributed by atoms with van der Waals surface area (Å²) in [6.07, 6.45) is -4.51. The number of alkyl halides is 3. The van der Waals surface area contributed by atoms with E-state index in [2.05, 4.69) is 0 Å². The zero-order valence-electron chi connectivity index (χ0n) is 15.4. The van der Waals surface area contributed by atoms with E-state index in [-0.39, 0.29) is 17.8 Å². The number of amides is 2. The Balaban J connectivity index is 1.84. The molecule has 1 saturated heterocycles. The Morgan fingerprint density at radius 2 is 1.80 bits per heavy atom. The van der Waals surface area contributed by atoms with Crippen molar-refractivity contribution in [3.8, 4) is 6.07 Å². The van der Waals surface area contributed by atoms with E-state index < -0.39 is 48.6 Å². The van der Waals surface area contributed by atoms with Crippen LogP contribution in [0.1, 0.15) is 16.7 Å². The Hall–Kier alpha value is -3.45. The summed E-state index contributed by atoms with van der Waals surface area (Å²) < 4.78 is 52.4. The minimum atomic E-state index is -4.51. The van der Waals surface area contributed by atoms with Gasteiger partial charge in [-0.15, -0.1) is 0 Å². The van der Waals surface area contributed by atoms with Gasteiger partial charge in [-0.2, -0.15) is 18.4 Å². The summed E-state index contributed by atoms with van der Waals surface area (Å²) in [5, 5.41) is 18.5. The minimum Gasteiger partial charge on any atom is -0.394 e. The maximum Gasteiger partial charge on any atom is 0.416 e. The van der Waals surface area contributed by atoms with Crippen molar-refractivity contribution >= 4 is 17.5 Å². The second kappa shape index (κ2) is 8.12. The molecule has 0 spiro atoms. The van der Waals surface area contributed by atoms with Gasteiger partial charge in [-0.05, 0) is 35.9 Å². The molecular formula is C20H15F4N3O3. The van der Waals surface area contributed by atoms with E-state index in [1.54, 1.807) is 6.07 Å². The average molecular weight is 421 g/mol. The molecule has 2 aromatic rings. The van der Waals surface area contributed by atoms with Crippen molar-refractivity contribution in [2.24, 2.45) is 0 Å². The topological polar surface area (TPSA) is 84.6 Å². The van der Waals surface area contributed by atoms with E-state index in [0.717, 1.165) is 28.0 Å². The molecule has 0 bridgehead atoms. The summed E-state index contributed by atoms with van der Waals surface area (Å²) in [5.41, 5.74) is -0.691. The predicted octanol–water partition coefficient (Wildman–Crippen LogP) is 2.45. The van der Waals surface area contributed by atoms with E-state index in [1.165, 1.54) is 24.3 Å². The Bertz CT molecular complexity index is 1020. The Morgan fingerprint density at radius 1 is 1.13 bits per heavy atom. The normalized spacial score (nSPS) is 17.3. The number of nitrogens with zero attached hydrogens (tertiary/aromatic N) is 3. The zero-order chi connectivity index (χ0) is 22.1. The molecule has 3 rings (SSSR count). The third-order valence-electron chi connectivity index (χ3n) is 4.72. The van der Waals surface area contributed by atoms with Crippen LogP contribution in [0.15, 0.2) is 42.5 Å². The summed E-state index contributed by atoms with van der Waals surface area (Å²) in [6.45, 7) is -1.46. The number of aliphatic hydroxyl groups excluding tert-OH is 1. The lowest BCUT2D eigenvalue weighted by atomic mass is 10.1. The first-order valence-electron chi connectivity index (χ1n) is 8.73. The quantitative estimate of drug-likeness (QED) is 0.769. The third kappa shape index (κ3) is 4.11. The lowest BCUT2D eigenvalue weighted by Gasteiger charge is -2.39. The smallest absolute Gasteiger partial charge is 0.394 e. The second-order valence-electron chi connectivity index (χ2n) is 6.62. The minimum absolute atomic E-state index is 0.0367. The van der Waals surface area contributed by atoms with Crippen molar-refractivity contribution in [2.75, 3.05) is 18.1 Å². The number of anilines is 1. The van der Waals surface area contributed by atoms with Crippen LogP contribution in [0.4, 0.5) is 23.2 Å². The summed E-state index contributed by atoms with van der Waals surface area (Å²) in [6, 6.07) is 7.92. The van der Waals surface area contributed by atoms with Crippen molar-refractivity contribution in [3.05, 3.63) is 65.0 Å². The fourth-order valence-electron chi connectivity index (χ4n) is 3.16. The van der Waals surface area contributed by atoms with Crippen LogP contribution in [-0.2, 0) is 22.3 Å². The Morgan fingerprint density at radius 3 is 2.33 bits per heavy atom. The van der Waals surface area contributed by atoms with Crippen molar-refractivity contribution in [3.63, 3.8) is 0 Å². The number of rotatable bonds is 4. The number of hydrogen-bond donors (Lipinski definition) is 1. The summed E-state index contributed by atoms with van der Waals surface area (Å²) in [5.74, 6) is -2.23. The first kappa shape index (κ1) is 21.3. The molecular weight excluding hydrogens is 406 g/mol. The van der Waals surface area contributed by atoms with Gasteiger partial charge in [0.15, 0.2) is 0 Å². The molecule has 1 heterocycles. The average Bonchev–Trinajstić information content (AvgIpc) is 2.70. The SMILES string of the molecule is N#Cc1ccc(N2CC(=O)N(Cc3ccc(C(F)(F)F)cc3)C(CO)C2=O)c(F)c1. The lowest BCUT2D eigenvalue weighted by Crippen LogP contribution is -2.61. The fourth-order valence-corrected chi connectivity index (χ4v) is 3.16. The molecule has 156 valence electrons. The van der Waals surface area contributed by atoms with Gasteiger partial charge in [-0.25, -0.2) is 4.39 Å². The highest BCUT2D eigenvalue weighted by Crippen LogP contribution is 2.30. The molecule has 30 heavy (non-hydrogen) atoms. The molecule has 0 saturated carbocycles. The van der Waals surface area contributed by atoms with Gasteiger partial charge < -0.3 is 10.0 Å². The van der Waals surface area contributed by atoms with E-state index >= 15 is 0 Å². The first-order chi connectivity index (χ1) is 14.2. The molecule has 2 aromatic carbocycles. The van der Waals surface area contributed by atoms with Crippen molar-refractivity contribution < 1.29 is 32.3 Å². The number of carbonyl (C=O) groups excluding carboxylic acids is 2. The monoisotopic (exact) mass is 421 g/mol. The fraction of sp³-hybridized carbons (Fsp3) is 0.250. The number of hydrogen-bond acceptors (Lipinski definition) is 4. The highest BCUT2D eigenvalue weighted by Gasteiger charge is 2.40. The number of carbonyl (C=O) groups is 2. The van der Waals surface area contributed by atoms with Crippen LogP contribution in [-0.4, -0.2) is 41.0 Å². The van der Waals surface area contributed by atoms with Crippen molar-refractivity contribution in [2.45, 2.75) is 18.8 Å². The van der Waals surface area contributed by atoms with Crippen molar-refractivity contribution in [1.29, 1.82) is 5.26 Å². The van der Waals surface area contributed by atoms with Crippen LogP contribution in [0.25, 0.3) is 0 Å². The number of piperazine rings is 1. The van der Waals surface area contributed by atoms with Gasteiger partial charge >= 0.3 is 6.18 Å². The molecule has 0 aromatic heterocycles. The van der Waals surface area contributed by atoms with Gasteiger partial charge in [-0.3, -0.25) is 14.5 Å². The molecule has 1 aliphatic rings. The first-order valence-corrected chi connectivity index (χ1v) is 8.73. The molecule has 0 radical (unpaired) electrons. The molecule has 6 nitrogen and oxygen atoms in total. The van der Waals surface area contributed by atoms with Gasteiger partial charge in [0.25, 0.3) is 5.91 Å². The number of benzene rings is 2. The highest BCUT2D eigenvalue weighted by atomic mass is 19.4. The van der Waals surface area contributed by atoms with E-state index in [4.69, 9.17) is 5.26 Å². The van der Waals surface area contributed by atoms with Crippen LogP contribution < -0.4 is 4.90 Å². The maximum atomic E-state index is 14.3. The maximum absolute atomic E-state index is 14.3. The molecule has 2 amide bonds. The zero-order valence-corrected chi connectivity index (χ0v) is 15.4. The molecule has 1 unspecified atom stereocenters. The highest BCUT2D eigenvalue weighted by molar-refractivity contribution is 6.06. The van der Waals surface area contributed by atoms with E-state index in [9.17, 15) is 32.3 Å². The molecule has 1 aliphatic heterocycles. The summed E-state index contributed by atoms with van der Waals surface area (Å²) >= 11 is 0. The Labute approximate surface area is 168 Å². The van der Waals surface area contributed by atoms with Crippen LogP contribution in [0.3, 0.4) is 0 Å². The van der Waals surface area contributed by atoms with Gasteiger partial charge in [0, 0.05) is 6.54 Å². The predicted molar refractivity (Wildman–Crippen MR) is 96.3 cm³/mol. The number of nitriles is 1. The van der Waals surface area contributed by atoms with Crippen LogP contribution in [0.2, 0.25) is 0 Å². The molecule has 1 N–H and O–H groups in total. The van der Waals surface area contributed by atoms with E-state index in [0.29, 0.717) is 5.56 Å². The Kier molecular flexibility index (Phi) is 5.75. The van der Waals surface area contributed by atoms with Gasteiger partial charge in [-0.1, -0.05) is 12.1 Å². The third-order valence-corrected chi connectivity index (χ3v) is 4.72. The largest absolute Gasteiger partial charge is 0.416 e. The van der Waals surface area contributed by atoms with Crippen molar-refractivity contribution in [1.82, 2.24) is 4.90 Å². The lowest BCUT2D eigenvalue weighted by molar-refractivity contribution is -0.145. The standard InChI is InChI=1S/C20H15F4N3O3/c21-15-7-13(8-25)3-6-16(15)27-10-18(29)26(17(11-28)19(27)30)9-12-1-4-14(5-2-12)20(22,23)24/h1-7,17,28H,9-11H2.